The van der Waals surface area contributed by atoms with Crippen LogP contribution in [0.25, 0.3) is 16.7 Å². The molecule has 8 heteroatoms. The maximum atomic E-state index is 13.6. The molecule has 1 fully saturated rings. The fraction of sp³-hybridized carbons (Fsp3) is 0.200. The second kappa shape index (κ2) is 8.12. The molecule has 0 radical (unpaired) electrons. The molecule has 2 aromatic heterocycles. The topological polar surface area (TPSA) is 83.2 Å². The largest absolute Gasteiger partial charge is 0.465 e. The number of carbonyl (C=O) groups is 1. The van der Waals surface area contributed by atoms with Crippen LogP contribution in [0.15, 0.2) is 70.3 Å². The number of rotatable bonds is 5. The van der Waals surface area contributed by atoms with Gasteiger partial charge in [0.1, 0.15) is 5.82 Å². The van der Waals surface area contributed by atoms with E-state index in [1.807, 2.05) is 6.07 Å². The molecule has 166 valence electrons. The molecular weight excluding hydrogens is 425 g/mol. The first-order chi connectivity index (χ1) is 16.0. The molecule has 1 saturated carbocycles. The van der Waals surface area contributed by atoms with Gasteiger partial charge in [0.25, 0.3) is 5.56 Å². The lowest BCUT2D eigenvalue weighted by molar-refractivity contribution is 0.0602. The van der Waals surface area contributed by atoms with E-state index in [1.54, 1.807) is 30.3 Å². The van der Waals surface area contributed by atoms with E-state index in [-0.39, 0.29) is 29.1 Å². The maximum Gasteiger partial charge on any atom is 0.338 e. The first-order valence-electron chi connectivity index (χ1n) is 10.6. The van der Waals surface area contributed by atoms with Crippen molar-refractivity contribution in [1.29, 1.82) is 0 Å². The van der Waals surface area contributed by atoms with Crippen molar-refractivity contribution in [3.8, 4) is 5.69 Å². The van der Waals surface area contributed by atoms with Crippen molar-refractivity contribution in [2.24, 2.45) is 0 Å². The Bertz CT molecular complexity index is 1490. The van der Waals surface area contributed by atoms with Crippen LogP contribution in [0.1, 0.15) is 40.4 Å². The first kappa shape index (κ1) is 20.8. The van der Waals surface area contributed by atoms with Gasteiger partial charge in [0.15, 0.2) is 5.65 Å². The Morgan fingerprint density at radius 1 is 1.09 bits per heavy atom. The molecule has 5 rings (SSSR count). The number of esters is 1. The minimum Gasteiger partial charge on any atom is -0.465 e. The van der Waals surface area contributed by atoms with Crippen molar-refractivity contribution in [2.45, 2.75) is 25.3 Å². The van der Waals surface area contributed by atoms with Gasteiger partial charge in [-0.15, -0.1) is 0 Å². The quantitative estimate of drug-likeness (QED) is 0.440. The molecule has 0 bridgehead atoms. The third kappa shape index (κ3) is 3.73. The molecule has 0 amide bonds. The molecule has 1 aliphatic carbocycles. The molecule has 2 heterocycles. The van der Waals surface area contributed by atoms with E-state index >= 15 is 0 Å². The van der Waals surface area contributed by atoms with Crippen molar-refractivity contribution in [3.63, 3.8) is 0 Å². The summed E-state index contributed by atoms with van der Waals surface area (Å²) in [5.41, 5.74) is 0.681. The van der Waals surface area contributed by atoms with E-state index in [2.05, 4.69) is 4.98 Å². The third-order valence-corrected chi connectivity index (χ3v) is 5.78. The maximum absolute atomic E-state index is 13.6. The van der Waals surface area contributed by atoms with Crippen LogP contribution in [0.3, 0.4) is 0 Å². The van der Waals surface area contributed by atoms with Crippen molar-refractivity contribution in [3.05, 3.63) is 104 Å². The zero-order valence-electron chi connectivity index (χ0n) is 17.8. The number of aromatic nitrogens is 3. The molecule has 1 aliphatic rings. The van der Waals surface area contributed by atoms with Crippen LogP contribution in [-0.2, 0) is 11.3 Å². The van der Waals surface area contributed by atoms with Crippen molar-refractivity contribution >= 4 is 17.0 Å². The normalized spacial score (nSPS) is 13.3. The van der Waals surface area contributed by atoms with E-state index in [0.717, 1.165) is 17.4 Å². The van der Waals surface area contributed by atoms with Gasteiger partial charge in [0.05, 0.1) is 30.3 Å². The summed E-state index contributed by atoms with van der Waals surface area (Å²) in [6.45, 7) is -0.0916. The fourth-order valence-corrected chi connectivity index (χ4v) is 3.94. The van der Waals surface area contributed by atoms with Crippen LogP contribution < -0.4 is 11.2 Å². The molecule has 0 aliphatic heterocycles. The molecule has 0 unspecified atom stereocenters. The standard InChI is InChI=1S/C25H20FN3O4/c1-33-24(31)19-13-20(16-9-10-16)27-22-21(19)23(30)28(14-15-7-11-17(26)12-8-15)25(32)29(22)18-5-3-2-4-6-18/h2-8,11-13,16H,9-10,14H2,1H3. The van der Waals surface area contributed by atoms with Gasteiger partial charge in [-0.2, -0.15) is 0 Å². The van der Waals surface area contributed by atoms with Crippen LogP contribution in [0.2, 0.25) is 0 Å². The highest BCUT2D eigenvalue weighted by molar-refractivity contribution is 6.02. The summed E-state index contributed by atoms with van der Waals surface area (Å²) in [5.74, 6) is -0.914. The molecular formula is C25H20FN3O4. The molecule has 2 aromatic carbocycles. The summed E-state index contributed by atoms with van der Waals surface area (Å²) in [5, 5.41) is 0.0109. The van der Waals surface area contributed by atoms with Gasteiger partial charge in [0.2, 0.25) is 0 Å². The zero-order valence-corrected chi connectivity index (χ0v) is 17.8. The lowest BCUT2D eigenvalue weighted by atomic mass is 10.1. The van der Waals surface area contributed by atoms with E-state index < -0.39 is 23.0 Å². The summed E-state index contributed by atoms with van der Waals surface area (Å²) < 4.78 is 20.7. The van der Waals surface area contributed by atoms with Crippen molar-refractivity contribution in [2.75, 3.05) is 7.11 Å². The van der Waals surface area contributed by atoms with Gasteiger partial charge in [-0.05, 0) is 48.7 Å². The van der Waals surface area contributed by atoms with E-state index in [0.29, 0.717) is 16.9 Å². The Morgan fingerprint density at radius 3 is 2.42 bits per heavy atom. The summed E-state index contributed by atoms with van der Waals surface area (Å²) in [7, 11) is 1.25. The van der Waals surface area contributed by atoms with Gasteiger partial charge >= 0.3 is 11.7 Å². The number of methoxy groups -OCH3 is 1. The molecule has 0 N–H and O–H groups in total. The van der Waals surface area contributed by atoms with Crippen molar-refractivity contribution in [1.82, 2.24) is 14.1 Å². The highest BCUT2D eigenvalue weighted by Gasteiger charge is 2.30. The van der Waals surface area contributed by atoms with Crippen LogP contribution in [0.5, 0.6) is 0 Å². The Morgan fingerprint density at radius 2 is 1.79 bits per heavy atom. The van der Waals surface area contributed by atoms with Gasteiger partial charge in [0, 0.05) is 11.6 Å². The highest BCUT2D eigenvalue weighted by Crippen LogP contribution is 2.40. The third-order valence-electron chi connectivity index (χ3n) is 5.78. The molecule has 33 heavy (non-hydrogen) atoms. The molecule has 0 saturated heterocycles. The first-order valence-corrected chi connectivity index (χ1v) is 10.6. The number of benzene rings is 2. The van der Waals surface area contributed by atoms with Gasteiger partial charge in [-0.25, -0.2) is 23.5 Å². The SMILES string of the molecule is COC(=O)c1cc(C2CC2)nc2c1c(=O)n(Cc1ccc(F)cc1)c(=O)n2-c1ccccc1. The Kier molecular flexibility index (Phi) is 5.12. The van der Waals surface area contributed by atoms with Gasteiger partial charge in [-0.3, -0.25) is 9.36 Å². The molecule has 0 atom stereocenters. The number of ether oxygens (including phenoxy) is 1. The van der Waals surface area contributed by atoms with E-state index in [9.17, 15) is 18.8 Å². The summed E-state index contributed by atoms with van der Waals surface area (Å²) in [4.78, 5) is 44.5. The van der Waals surface area contributed by atoms with Gasteiger partial charge < -0.3 is 4.74 Å². The van der Waals surface area contributed by atoms with Crippen molar-refractivity contribution < 1.29 is 13.9 Å². The van der Waals surface area contributed by atoms with Gasteiger partial charge in [-0.1, -0.05) is 30.3 Å². The smallest absolute Gasteiger partial charge is 0.338 e. The minimum atomic E-state index is -0.673. The lowest BCUT2D eigenvalue weighted by Gasteiger charge is -2.16. The Balaban J connectivity index is 1.87. The highest BCUT2D eigenvalue weighted by atomic mass is 19.1. The Labute approximate surface area is 187 Å². The molecule has 0 spiro atoms. The van der Waals surface area contributed by atoms with Crippen LogP contribution in [0, 0.1) is 5.82 Å². The number of halogens is 1. The van der Waals surface area contributed by atoms with E-state index in [4.69, 9.17) is 4.74 Å². The predicted octanol–water partition coefficient (Wildman–Crippen LogP) is 3.40. The van der Waals surface area contributed by atoms with Crippen LogP contribution in [-0.4, -0.2) is 27.2 Å². The monoisotopic (exact) mass is 445 g/mol. The number of nitrogens with zero attached hydrogens (tertiary/aromatic N) is 3. The summed E-state index contributed by atoms with van der Waals surface area (Å²) in [6.07, 6.45) is 1.85. The second-order valence-electron chi connectivity index (χ2n) is 8.03. The Hall–Kier alpha value is -4.07. The zero-order chi connectivity index (χ0) is 23.1. The number of pyridine rings is 1. The summed E-state index contributed by atoms with van der Waals surface area (Å²) in [6, 6.07) is 16.0. The number of hydrogen-bond acceptors (Lipinski definition) is 5. The average molecular weight is 445 g/mol. The number of fused-ring (bicyclic) bond motifs is 1. The van der Waals surface area contributed by atoms with Crippen LogP contribution >= 0.6 is 0 Å². The van der Waals surface area contributed by atoms with E-state index in [1.165, 1.54) is 35.9 Å². The fourth-order valence-electron chi connectivity index (χ4n) is 3.94. The number of hydrogen-bond donors (Lipinski definition) is 0. The number of para-hydroxylation sites is 1. The summed E-state index contributed by atoms with van der Waals surface area (Å²) >= 11 is 0. The predicted molar refractivity (Wildman–Crippen MR) is 120 cm³/mol. The second-order valence-corrected chi connectivity index (χ2v) is 8.03. The lowest BCUT2D eigenvalue weighted by Crippen LogP contribution is -2.40. The molecule has 4 aromatic rings. The average Bonchev–Trinajstić information content (AvgIpc) is 3.68. The molecule has 7 nitrogen and oxygen atoms in total. The minimum absolute atomic E-state index is 0.0109. The van der Waals surface area contributed by atoms with Crippen LogP contribution in [0.4, 0.5) is 4.39 Å². The number of carbonyl (C=O) groups excluding carboxylic acids is 1.